The molecule has 2 rings (SSSR count). The molecule has 0 bridgehead atoms. The maximum atomic E-state index is 13.5. The highest BCUT2D eigenvalue weighted by atomic mass is 32.2. The van der Waals surface area contributed by atoms with Gasteiger partial charge in [-0.25, -0.2) is 4.79 Å². The largest absolute Gasteiger partial charge is 0.508 e. The number of hydrogen-bond donors (Lipinski definition) is 7. The number of carboxylic acid groups (broad SMARTS) is 2. The molecule has 3 amide bonds. The van der Waals surface area contributed by atoms with Gasteiger partial charge in [0.2, 0.25) is 17.7 Å². The molecule has 0 aliphatic rings. The van der Waals surface area contributed by atoms with E-state index in [-0.39, 0.29) is 37.9 Å². The number of phenols is 1. The minimum Gasteiger partial charge on any atom is -0.508 e. The molecule has 8 N–H and O–H groups in total. The fraction of sp³-hybridized carbons (Fsp3) is 0.393. The maximum Gasteiger partial charge on any atom is 0.326 e. The van der Waals surface area contributed by atoms with Crippen LogP contribution in [0.2, 0.25) is 0 Å². The van der Waals surface area contributed by atoms with Gasteiger partial charge in [-0.15, -0.1) is 0 Å². The molecule has 2 aromatic rings. The number of nitrogens with one attached hydrogen (secondary N) is 3. The van der Waals surface area contributed by atoms with Crippen LogP contribution in [0.1, 0.15) is 30.4 Å². The highest BCUT2D eigenvalue weighted by Crippen LogP contribution is 2.13. The van der Waals surface area contributed by atoms with Gasteiger partial charge in [-0.1, -0.05) is 42.5 Å². The summed E-state index contributed by atoms with van der Waals surface area (Å²) in [5.41, 5.74) is 7.13. The lowest BCUT2D eigenvalue weighted by Gasteiger charge is -2.25. The van der Waals surface area contributed by atoms with Crippen molar-refractivity contribution in [1.29, 1.82) is 0 Å². The van der Waals surface area contributed by atoms with Crippen LogP contribution in [0.3, 0.4) is 0 Å². The van der Waals surface area contributed by atoms with E-state index in [1.165, 1.54) is 23.9 Å². The summed E-state index contributed by atoms with van der Waals surface area (Å²) in [7, 11) is 0. The number of amides is 3. The highest BCUT2D eigenvalue weighted by Gasteiger charge is 2.30. The van der Waals surface area contributed by atoms with E-state index in [4.69, 9.17) is 10.8 Å². The smallest absolute Gasteiger partial charge is 0.326 e. The molecule has 2 aromatic carbocycles. The van der Waals surface area contributed by atoms with Crippen LogP contribution in [0, 0.1) is 0 Å². The van der Waals surface area contributed by atoms with E-state index in [1.54, 1.807) is 42.5 Å². The number of aromatic hydroxyl groups is 1. The van der Waals surface area contributed by atoms with Gasteiger partial charge in [0.05, 0.1) is 6.04 Å². The summed E-state index contributed by atoms with van der Waals surface area (Å²) in [5, 5.41) is 35.8. The number of phenolic OH excluding ortho intramolecular Hbond substituents is 1. The van der Waals surface area contributed by atoms with Gasteiger partial charge in [0.25, 0.3) is 0 Å². The summed E-state index contributed by atoms with van der Waals surface area (Å²) < 4.78 is 0. The third kappa shape index (κ3) is 11.9. The second-order valence-electron chi connectivity index (χ2n) is 9.40. The number of carboxylic acids is 2. The van der Waals surface area contributed by atoms with Gasteiger partial charge < -0.3 is 37.0 Å². The summed E-state index contributed by atoms with van der Waals surface area (Å²) in [6.07, 6.45) is 1.52. The van der Waals surface area contributed by atoms with Crippen molar-refractivity contribution in [3.05, 3.63) is 65.7 Å². The first-order valence-electron chi connectivity index (χ1n) is 12.9. The Morgan fingerprint density at radius 1 is 0.756 bits per heavy atom. The van der Waals surface area contributed by atoms with Gasteiger partial charge >= 0.3 is 11.9 Å². The second-order valence-corrected chi connectivity index (χ2v) is 10.4. The fourth-order valence-corrected chi connectivity index (χ4v) is 4.33. The first kappa shape index (κ1) is 33.1. The van der Waals surface area contributed by atoms with Crippen molar-refractivity contribution in [3.8, 4) is 5.75 Å². The summed E-state index contributed by atoms with van der Waals surface area (Å²) in [5.74, 6) is -4.03. The summed E-state index contributed by atoms with van der Waals surface area (Å²) in [4.78, 5) is 62.2. The van der Waals surface area contributed by atoms with Gasteiger partial charge in [0.1, 0.15) is 23.9 Å². The SMILES string of the molecule is CSCCC(NC(=O)C(Cc1ccc(O)cc1)NC(=O)C(Cc1ccccc1)NC(=O)C(N)CCC(=O)O)C(=O)O. The third-order valence-corrected chi connectivity index (χ3v) is 6.80. The first-order chi connectivity index (χ1) is 19.5. The molecule has 4 unspecified atom stereocenters. The van der Waals surface area contributed by atoms with Crippen molar-refractivity contribution in [3.63, 3.8) is 0 Å². The van der Waals surface area contributed by atoms with Crippen LogP contribution in [0.15, 0.2) is 54.6 Å². The van der Waals surface area contributed by atoms with E-state index in [1.807, 2.05) is 6.26 Å². The number of carbonyl (C=O) groups excluding carboxylic acids is 3. The molecule has 0 saturated carbocycles. The average Bonchev–Trinajstić information content (AvgIpc) is 2.94. The van der Waals surface area contributed by atoms with E-state index in [0.29, 0.717) is 16.9 Å². The lowest BCUT2D eigenvalue weighted by Crippen LogP contribution is -2.58. The number of thioether (sulfide) groups is 1. The number of nitrogens with two attached hydrogens (primary N) is 1. The molecule has 222 valence electrons. The Kier molecular flexibility index (Phi) is 13.6. The molecule has 0 aliphatic heterocycles. The zero-order chi connectivity index (χ0) is 30.4. The lowest BCUT2D eigenvalue weighted by atomic mass is 10.0. The predicted molar refractivity (Wildman–Crippen MR) is 153 cm³/mol. The summed E-state index contributed by atoms with van der Waals surface area (Å²) in [6, 6.07) is 10.0. The minimum atomic E-state index is -1.22. The van der Waals surface area contributed by atoms with Gasteiger partial charge in [-0.3, -0.25) is 19.2 Å². The zero-order valence-corrected chi connectivity index (χ0v) is 23.4. The molecular formula is C28H36N4O8S. The van der Waals surface area contributed by atoms with Crippen molar-refractivity contribution in [2.24, 2.45) is 5.73 Å². The molecule has 0 fully saturated rings. The van der Waals surface area contributed by atoms with E-state index >= 15 is 0 Å². The zero-order valence-electron chi connectivity index (χ0n) is 22.6. The Bertz CT molecular complexity index is 1180. The van der Waals surface area contributed by atoms with Crippen molar-refractivity contribution in [2.45, 2.75) is 56.3 Å². The van der Waals surface area contributed by atoms with Crippen LogP contribution < -0.4 is 21.7 Å². The molecule has 0 radical (unpaired) electrons. The summed E-state index contributed by atoms with van der Waals surface area (Å²) in [6.45, 7) is 0. The van der Waals surface area contributed by atoms with Crippen LogP contribution in [0.25, 0.3) is 0 Å². The topological polar surface area (TPSA) is 208 Å². The van der Waals surface area contributed by atoms with E-state index in [9.17, 15) is 34.2 Å². The lowest BCUT2D eigenvalue weighted by molar-refractivity contribution is -0.142. The Morgan fingerprint density at radius 2 is 1.27 bits per heavy atom. The fourth-order valence-electron chi connectivity index (χ4n) is 3.86. The summed E-state index contributed by atoms with van der Waals surface area (Å²) >= 11 is 1.42. The molecule has 0 spiro atoms. The minimum absolute atomic E-state index is 0.00617. The van der Waals surface area contributed by atoms with Crippen molar-refractivity contribution < 1.29 is 39.3 Å². The molecule has 0 aliphatic carbocycles. The number of rotatable bonds is 17. The quantitative estimate of drug-likeness (QED) is 0.137. The van der Waals surface area contributed by atoms with Crippen LogP contribution in [0.5, 0.6) is 5.75 Å². The van der Waals surface area contributed by atoms with Gasteiger partial charge in [-0.05, 0) is 48.1 Å². The number of hydrogen-bond acceptors (Lipinski definition) is 8. The van der Waals surface area contributed by atoms with Crippen LogP contribution >= 0.6 is 11.8 Å². The predicted octanol–water partition coefficient (Wildman–Crippen LogP) is 0.662. The Balaban J connectivity index is 2.30. The molecule has 13 heteroatoms. The molecule has 0 saturated heterocycles. The molecule has 0 aromatic heterocycles. The van der Waals surface area contributed by atoms with E-state index in [2.05, 4.69) is 16.0 Å². The number of benzene rings is 2. The second kappa shape index (κ2) is 16.9. The molecule has 12 nitrogen and oxygen atoms in total. The molecule has 0 heterocycles. The van der Waals surface area contributed by atoms with Crippen molar-refractivity contribution >= 4 is 41.4 Å². The van der Waals surface area contributed by atoms with E-state index < -0.39 is 53.8 Å². The highest BCUT2D eigenvalue weighted by molar-refractivity contribution is 7.98. The molecule has 4 atom stereocenters. The van der Waals surface area contributed by atoms with Crippen LogP contribution in [-0.4, -0.2) is 81.2 Å². The molecule has 41 heavy (non-hydrogen) atoms. The van der Waals surface area contributed by atoms with Gasteiger partial charge in [0, 0.05) is 19.3 Å². The normalized spacial score (nSPS) is 13.7. The van der Waals surface area contributed by atoms with Crippen molar-refractivity contribution in [2.75, 3.05) is 12.0 Å². The van der Waals surface area contributed by atoms with Crippen LogP contribution in [-0.2, 0) is 36.8 Å². The third-order valence-electron chi connectivity index (χ3n) is 6.16. The van der Waals surface area contributed by atoms with E-state index in [0.717, 1.165) is 0 Å². The first-order valence-corrected chi connectivity index (χ1v) is 14.3. The van der Waals surface area contributed by atoms with Gasteiger partial charge in [0.15, 0.2) is 0 Å². The Labute approximate surface area is 242 Å². The van der Waals surface area contributed by atoms with Gasteiger partial charge in [-0.2, -0.15) is 11.8 Å². The standard InChI is InChI=1S/C28H36N4O8S/c1-41-14-13-21(28(39)40)30-26(37)23(16-18-7-9-19(33)10-8-18)32-27(38)22(15-17-5-3-2-4-6-17)31-25(36)20(29)11-12-24(34)35/h2-10,20-23,33H,11-16,29H2,1H3,(H,30,37)(H,31,36)(H,32,38)(H,34,35)(H,39,40). The Hall–Kier alpha value is -4.10. The maximum absolute atomic E-state index is 13.5. The Morgan fingerprint density at radius 3 is 1.78 bits per heavy atom. The van der Waals surface area contributed by atoms with Crippen molar-refractivity contribution in [1.82, 2.24) is 16.0 Å². The number of aliphatic carboxylic acids is 2. The average molecular weight is 589 g/mol. The monoisotopic (exact) mass is 588 g/mol. The number of carbonyl (C=O) groups is 5. The van der Waals surface area contributed by atoms with Crippen LogP contribution in [0.4, 0.5) is 0 Å². The molecular weight excluding hydrogens is 552 g/mol.